The van der Waals surface area contributed by atoms with Crippen LogP contribution in [0, 0.1) is 6.92 Å². The minimum atomic E-state index is -0.252. The maximum absolute atomic E-state index is 13.5. The molecule has 4 rings (SSSR count). The number of para-hydroxylation sites is 1. The summed E-state index contributed by atoms with van der Waals surface area (Å²) >= 11 is 5.93. The third kappa shape index (κ3) is 3.67. The summed E-state index contributed by atoms with van der Waals surface area (Å²) in [7, 11) is 0. The molecule has 2 aromatic heterocycles. The number of fused-ring (bicyclic) bond motifs is 1. The molecule has 0 aliphatic carbocycles. The van der Waals surface area contributed by atoms with Crippen molar-refractivity contribution in [2.45, 2.75) is 19.9 Å². The molecule has 0 spiro atoms. The summed E-state index contributed by atoms with van der Waals surface area (Å²) in [5, 5.41) is 4.95. The Morgan fingerprint density at radius 2 is 1.83 bits per heavy atom. The van der Waals surface area contributed by atoms with Crippen LogP contribution in [-0.4, -0.2) is 14.5 Å². The van der Waals surface area contributed by atoms with Crippen molar-refractivity contribution in [1.29, 1.82) is 0 Å². The second kappa shape index (κ2) is 7.56. The molecule has 1 atom stereocenters. The van der Waals surface area contributed by atoms with Crippen LogP contribution < -0.4 is 16.6 Å². The first-order chi connectivity index (χ1) is 13.9. The number of aryl methyl sites for hydroxylation is 1. The Morgan fingerprint density at radius 1 is 1.07 bits per heavy atom. The van der Waals surface area contributed by atoms with Gasteiger partial charge in [-0.2, -0.15) is 0 Å². The lowest BCUT2D eigenvalue weighted by atomic mass is 10.0. The lowest BCUT2D eigenvalue weighted by Gasteiger charge is -2.22. The highest BCUT2D eigenvalue weighted by atomic mass is 35.5. The van der Waals surface area contributed by atoms with Crippen molar-refractivity contribution in [3.8, 4) is 5.69 Å². The molecule has 29 heavy (non-hydrogen) atoms. The number of rotatable bonds is 4. The summed E-state index contributed by atoms with van der Waals surface area (Å²) in [5.74, 6) is 0.765. The molecular weight excluding hydrogens is 386 g/mol. The highest BCUT2D eigenvalue weighted by Gasteiger charge is 2.18. The van der Waals surface area contributed by atoms with Gasteiger partial charge in [-0.05, 0) is 54.6 Å². The molecule has 0 bridgehead atoms. The average Bonchev–Trinajstić information content (AvgIpc) is 2.67. The number of hydrogen-bond donors (Lipinski definition) is 2. The van der Waals surface area contributed by atoms with Gasteiger partial charge in [-0.1, -0.05) is 36.4 Å². The third-order valence-corrected chi connectivity index (χ3v) is 4.99. The number of nitrogens with two attached hydrogens (primary N) is 1. The van der Waals surface area contributed by atoms with E-state index in [1.54, 1.807) is 10.6 Å². The molecule has 1 unspecified atom stereocenters. The fraction of sp³-hybridized carbons (Fsp3) is 0.136. The fourth-order valence-corrected chi connectivity index (χ4v) is 3.71. The standard InChI is InChI=1S/C22H20ClN5O/c1-13-7-6-8-15-11-17(14(2)25-19-12-18(24)26-22(23)27-19)28(21(29)20(13)15)16-9-4-3-5-10-16/h3-12,14H,1-2H3,(H3,24,25,26,27). The highest BCUT2D eigenvalue weighted by Crippen LogP contribution is 2.25. The average molecular weight is 406 g/mol. The van der Waals surface area contributed by atoms with Crippen LogP contribution in [0.2, 0.25) is 5.28 Å². The van der Waals surface area contributed by atoms with Gasteiger partial charge in [-0.3, -0.25) is 9.36 Å². The van der Waals surface area contributed by atoms with Crippen molar-refractivity contribution in [2.75, 3.05) is 11.1 Å². The second-order valence-corrected chi connectivity index (χ2v) is 7.24. The number of aromatic nitrogens is 3. The molecule has 0 aliphatic rings. The van der Waals surface area contributed by atoms with Crippen LogP contribution in [-0.2, 0) is 0 Å². The molecule has 146 valence electrons. The zero-order chi connectivity index (χ0) is 20.5. The van der Waals surface area contributed by atoms with E-state index in [0.717, 1.165) is 22.3 Å². The first kappa shape index (κ1) is 19.0. The summed E-state index contributed by atoms with van der Waals surface area (Å²) in [6.45, 7) is 3.91. The van der Waals surface area contributed by atoms with Gasteiger partial charge in [-0.25, -0.2) is 9.97 Å². The molecule has 0 radical (unpaired) electrons. The molecule has 6 nitrogen and oxygen atoms in total. The van der Waals surface area contributed by atoms with E-state index in [2.05, 4.69) is 15.3 Å². The lowest BCUT2D eigenvalue weighted by molar-refractivity contribution is 0.772. The Morgan fingerprint density at radius 3 is 2.55 bits per heavy atom. The molecular formula is C22H20ClN5O. The molecule has 0 saturated carbocycles. The van der Waals surface area contributed by atoms with Crippen molar-refractivity contribution in [1.82, 2.24) is 14.5 Å². The number of benzene rings is 2. The number of nitrogens with one attached hydrogen (secondary N) is 1. The Kier molecular flexibility index (Phi) is 4.94. The zero-order valence-corrected chi connectivity index (χ0v) is 16.8. The monoisotopic (exact) mass is 405 g/mol. The van der Waals surface area contributed by atoms with Gasteiger partial charge in [0.05, 0.1) is 11.4 Å². The van der Waals surface area contributed by atoms with Gasteiger partial charge in [0.2, 0.25) is 5.28 Å². The van der Waals surface area contributed by atoms with E-state index < -0.39 is 0 Å². The van der Waals surface area contributed by atoms with Gasteiger partial charge >= 0.3 is 0 Å². The molecule has 3 N–H and O–H groups in total. The van der Waals surface area contributed by atoms with Gasteiger partial charge in [0.25, 0.3) is 5.56 Å². The maximum Gasteiger partial charge on any atom is 0.263 e. The van der Waals surface area contributed by atoms with E-state index >= 15 is 0 Å². The number of pyridine rings is 1. The van der Waals surface area contributed by atoms with Crippen LogP contribution in [0.25, 0.3) is 16.5 Å². The van der Waals surface area contributed by atoms with E-state index in [-0.39, 0.29) is 22.7 Å². The van der Waals surface area contributed by atoms with E-state index in [9.17, 15) is 4.79 Å². The molecule has 7 heteroatoms. The second-order valence-electron chi connectivity index (χ2n) is 6.90. The van der Waals surface area contributed by atoms with Crippen molar-refractivity contribution in [2.24, 2.45) is 0 Å². The summed E-state index contributed by atoms with van der Waals surface area (Å²) in [5.41, 5.74) is 8.26. The molecule has 0 saturated heterocycles. The van der Waals surface area contributed by atoms with Crippen LogP contribution in [0.4, 0.5) is 11.6 Å². The molecule has 2 heterocycles. The first-order valence-electron chi connectivity index (χ1n) is 9.21. The van der Waals surface area contributed by atoms with Gasteiger partial charge in [0.15, 0.2) is 0 Å². The van der Waals surface area contributed by atoms with E-state index in [1.165, 1.54) is 0 Å². The molecule has 0 amide bonds. The van der Waals surface area contributed by atoms with Crippen molar-refractivity contribution < 1.29 is 0 Å². The van der Waals surface area contributed by atoms with Gasteiger partial charge in [-0.15, -0.1) is 0 Å². The van der Waals surface area contributed by atoms with Gasteiger partial charge < -0.3 is 11.1 Å². The highest BCUT2D eigenvalue weighted by molar-refractivity contribution is 6.28. The van der Waals surface area contributed by atoms with Gasteiger partial charge in [0, 0.05) is 17.4 Å². The van der Waals surface area contributed by atoms with Crippen LogP contribution in [0.3, 0.4) is 0 Å². The van der Waals surface area contributed by atoms with Gasteiger partial charge in [0.1, 0.15) is 11.6 Å². The predicted octanol–water partition coefficient (Wildman–Crippen LogP) is 4.50. The number of hydrogen-bond acceptors (Lipinski definition) is 5. The van der Waals surface area contributed by atoms with Crippen molar-refractivity contribution in [3.63, 3.8) is 0 Å². The smallest absolute Gasteiger partial charge is 0.263 e. The summed E-state index contributed by atoms with van der Waals surface area (Å²) in [6.07, 6.45) is 0. The normalized spacial score (nSPS) is 12.1. The summed E-state index contributed by atoms with van der Waals surface area (Å²) in [6, 6.07) is 18.8. The summed E-state index contributed by atoms with van der Waals surface area (Å²) in [4.78, 5) is 21.6. The van der Waals surface area contributed by atoms with E-state index in [4.69, 9.17) is 17.3 Å². The predicted molar refractivity (Wildman–Crippen MR) is 118 cm³/mol. The minimum Gasteiger partial charge on any atom is -0.383 e. The molecule has 0 fully saturated rings. The SMILES string of the molecule is Cc1cccc2cc(C(C)Nc3cc(N)nc(Cl)n3)n(-c3ccccc3)c(=O)c12. The topological polar surface area (TPSA) is 85.8 Å². The van der Waals surface area contributed by atoms with Crippen molar-refractivity contribution in [3.05, 3.63) is 87.6 Å². The van der Waals surface area contributed by atoms with Crippen LogP contribution >= 0.6 is 11.6 Å². The Labute approximate surface area is 173 Å². The molecule has 2 aromatic carbocycles. The number of nitrogen functional groups attached to an aromatic ring is 1. The van der Waals surface area contributed by atoms with Crippen molar-refractivity contribution >= 4 is 34.0 Å². The minimum absolute atomic E-state index is 0.0596. The lowest BCUT2D eigenvalue weighted by Crippen LogP contribution is -2.26. The largest absolute Gasteiger partial charge is 0.383 e. The quantitative estimate of drug-likeness (QED) is 0.488. The third-order valence-electron chi connectivity index (χ3n) is 4.82. The van der Waals surface area contributed by atoms with Crippen LogP contribution in [0.5, 0.6) is 0 Å². The molecule has 4 aromatic rings. The number of halogens is 1. The zero-order valence-electron chi connectivity index (χ0n) is 16.1. The Hall–Kier alpha value is -3.38. The van der Waals surface area contributed by atoms with E-state index in [1.807, 2.05) is 68.4 Å². The number of anilines is 2. The Bertz CT molecular complexity index is 1230. The number of nitrogens with zero attached hydrogens (tertiary/aromatic N) is 3. The fourth-order valence-electron chi connectivity index (χ4n) is 3.52. The first-order valence-corrected chi connectivity index (χ1v) is 9.59. The van der Waals surface area contributed by atoms with Crippen LogP contribution in [0.15, 0.2) is 65.5 Å². The summed E-state index contributed by atoms with van der Waals surface area (Å²) < 4.78 is 1.74. The van der Waals surface area contributed by atoms with Crippen LogP contribution in [0.1, 0.15) is 24.2 Å². The maximum atomic E-state index is 13.5. The Balaban J connectivity index is 1.91. The molecule has 0 aliphatic heterocycles. The van der Waals surface area contributed by atoms with E-state index in [0.29, 0.717) is 11.2 Å².